The van der Waals surface area contributed by atoms with Crippen LogP contribution in [0.15, 0.2) is 72.8 Å². The van der Waals surface area contributed by atoms with Crippen LogP contribution in [0, 0.1) is 5.92 Å². The summed E-state index contributed by atoms with van der Waals surface area (Å²) in [6, 6.07) is 19.4. The van der Waals surface area contributed by atoms with E-state index in [2.05, 4.69) is 5.32 Å². The van der Waals surface area contributed by atoms with Crippen LogP contribution in [0.2, 0.25) is 15.1 Å². The Kier molecular flexibility index (Phi) is 11.3. The van der Waals surface area contributed by atoms with Crippen molar-refractivity contribution in [2.24, 2.45) is 5.92 Å². The van der Waals surface area contributed by atoms with E-state index in [1.807, 2.05) is 44.2 Å². The molecule has 0 aliphatic rings. The van der Waals surface area contributed by atoms with Crippen molar-refractivity contribution in [2.45, 2.75) is 32.9 Å². The van der Waals surface area contributed by atoms with E-state index in [4.69, 9.17) is 34.8 Å². The maximum atomic E-state index is 14.0. The molecule has 0 heterocycles. The molecule has 214 valence electrons. The van der Waals surface area contributed by atoms with Crippen molar-refractivity contribution >= 4 is 62.3 Å². The zero-order valence-corrected chi connectivity index (χ0v) is 25.6. The van der Waals surface area contributed by atoms with E-state index in [0.29, 0.717) is 27.2 Å². The molecule has 0 fully saturated rings. The third kappa shape index (κ3) is 9.13. The first-order chi connectivity index (χ1) is 18.8. The van der Waals surface area contributed by atoms with Gasteiger partial charge in [0.25, 0.3) is 0 Å². The number of benzene rings is 3. The predicted octanol–water partition coefficient (Wildman–Crippen LogP) is 5.83. The Morgan fingerprint density at radius 3 is 2.10 bits per heavy atom. The van der Waals surface area contributed by atoms with Gasteiger partial charge in [0.05, 0.1) is 11.9 Å². The molecule has 0 aromatic heterocycles. The molecule has 0 spiro atoms. The number of amides is 2. The second-order valence-corrected chi connectivity index (χ2v) is 13.0. The van der Waals surface area contributed by atoms with E-state index < -0.39 is 28.5 Å². The van der Waals surface area contributed by atoms with Gasteiger partial charge in [0.1, 0.15) is 12.6 Å². The van der Waals surface area contributed by atoms with Crippen LogP contribution in [0.1, 0.15) is 25.0 Å². The summed E-state index contributed by atoms with van der Waals surface area (Å²) in [6.07, 6.45) is 1.23. The Labute approximate surface area is 251 Å². The van der Waals surface area contributed by atoms with Gasteiger partial charge in [0, 0.05) is 34.6 Å². The number of halogens is 3. The van der Waals surface area contributed by atoms with Crippen LogP contribution >= 0.6 is 34.8 Å². The van der Waals surface area contributed by atoms with Gasteiger partial charge in [-0.25, -0.2) is 8.42 Å². The number of nitrogens with zero attached hydrogens (tertiary/aromatic N) is 2. The number of sulfonamides is 1. The Bertz CT molecular complexity index is 1420. The van der Waals surface area contributed by atoms with Crippen LogP contribution in [-0.2, 0) is 32.6 Å². The quantitative estimate of drug-likeness (QED) is 0.275. The summed E-state index contributed by atoms with van der Waals surface area (Å²) in [4.78, 5) is 29.0. The van der Waals surface area contributed by atoms with Crippen molar-refractivity contribution in [3.63, 3.8) is 0 Å². The highest BCUT2D eigenvalue weighted by Gasteiger charge is 2.33. The molecule has 2 amide bonds. The molecule has 0 saturated heterocycles. The summed E-state index contributed by atoms with van der Waals surface area (Å²) in [5.74, 6) is -0.748. The normalized spacial score (nSPS) is 12.2. The molecule has 3 aromatic carbocycles. The molecule has 0 aliphatic heterocycles. The maximum absolute atomic E-state index is 14.0. The van der Waals surface area contributed by atoms with Gasteiger partial charge in [0.15, 0.2) is 0 Å². The number of hydrogen-bond donors (Lipinski definition) is 1. The van der Waals surface area contributed by atoms with Crippen LogP contribution in [-0.4, -0.2) is 50.5 Å². The summed E-state index contributed by atoms with van der Waals surface area (Å²) in [7, 11) is -3.87. The lowest BCUT2D eigenvalue weighted by molar-refractivity contribution is -0.140. The molecule has 0 saturated carbocycles. The highest BCUT2D eigenvalue weighted by molar-refractivity contribution is 7.92. The number of anilines is 1. The molecular weight excluding hydrogens is 593 g/mol. The minimum atomic E-state index is -3.87. The monoisotopic (exact) mass is 623 g/mol. The molecule has 0 radical (unpaired) electrons. The molecule has 1 unspecified atom stereocenters. The lowest BCUT2D eigenvalue weighted by Gasteiger charge is -2.34. The second kappa shape index (κ2) is 14.2. The van der Waals surface area contributed by atoms with Crippen LogP contribution in [0.5, 0.6) is 0 Å². The molecule has 1 N–H and O–H groups in total. The lowest BCUT2D eigenvalue weighted by atomic mass is 10.0. The highest BCUT2D eigenvalue weighted by atomic mass is 35.5. The molecule has 3 aromatic rings. The van der Waals surface area contributed by atoms with Crippen molar-refractivity contribution in [1.29, 1.82) is 0 Å². The molecule has 3 rings (SSSR count). The number of carbonyl (C=O) groups excluding carboxylic acids is 2. The van der Waals surface area contributed by atoms with E-state index in [1.54, 1.807) is 30.3 Å². The molecule has 40 heavy (non-hydrogen) atoms. The van der Waals surface area contributed by atoms with Gasteiger partial charge >= 0.3 is 0 Å². The SMILES string of the molecule is CC(C)CNC(=O)C(Cc1ccccc1)N(Cc1ccc(Cl)cc1Cl)C(=O)CN(c1ccc(Cl)cc1)S(C)(=O)=O. The van der Waals surface area contributed by atoms with E-state index >= 15 is 0 Å². The summed E-state index contributed by atoms with van der Waals surface area (Å²) in [6.45, 7) is 3.78. The van der Waals surface area contributed by atoms with E-state index in [0.717, 1.165) is 16.1 Å². The zero-order valence-electron chi connectivity index (χ0n) is 22.5. The third-order valence-electron chi connectivity index (χ3n) is 6.11. The van der Waals surface area contributed by atoms with Crippen LogP contribution in [0.4, 0.5) is 5.69 Å². The number of rotatable bonds is 12. The maximum Gasteiger partial charge on any atom is 0.244 e. The second-order valence-electron chi connectivity index (χ2n) is 9.85. The fourth-order valence-electron chi connectivity index (χ4n) is 4.03. The van der Waals surface area contributed by atoms with Gasteiger partial charge in [-0.15, -0.1) is 0 Å². The Morgan fingerprint density at radius 1 is 0.900 bits per heavy atom. The Balaban J connectivity index is 2.06. The van der Waals surface area contributed by atoms with E-state index in [-0.39, 0.29) is 30.5 Å². The van der Waals surface area contributed by atoms with Crippen LogP contribution < -0.4 is 9.62 Å². The van der Waals surface area contributed by atoms with Gasteiger partial charge in [-0.1, -0.05) is 85.0 Å². The minimum absolute atomic E-state index is 0.0420. The lowest BCUT2D eigenvalue weighted by Crippen LogP contribution is -2.53. The summed E-state index contributed by atoms with van der Waals surface area (Å²) < 4.78 is 26.6. The summed E-state index contributed by atoms with van der Waals surface area (Å²) >= 11 is 18.6. The smallest absolute Gasteiger partial charge is 0.244 e. The first kappa shape index (κ1) is 31.7. The standard InChI is InChI=1S/C29H32Cl3N3O4S/c1-20(2)17-33-29(37)27(15-21-7-5-4-6-8-21)34(18-22-9-10-24(31)16-26(22)32)28(36)19-35(40(3,38)39)25-13-11-23(30)12-14-25/h4-14,16,20,27H,15,17-19H2,1-3H3,(H,33,37). The summed E-state index contributed by atoms with van der Waals surface area (Å²) in [5, 5.41) is 4.11. The van der Waals surface area contributed by atoms with Gasteiger partial charge < -0.3 is 10.2 Å². The molecule has 0 aliphatic carbocycles. The average molecular weight is 625 g/mol. The summed E-state index contributed by atoms with van der Waals surface area (Å²) in [5.41, 5.74) is 1.67. The fourth-order valence-corrected chi connectivity index (χ4v) is 5.47. The van der Waals surface area contributed by atoms with E-state index in [1.165, 1.54) is 17.0 Å². The predicted molar refractivity (Wildman–Crippen MR) is 162 cm³/mol. The van der Waals surface area contributed by atoms with Crippen molar-refractivity contribution in [1.82, 2.24) is 10.2 Å². The first-order valence-electron chi connectivity index (χ1n) is 12.6. The minimum Gasteiger partial charge on any atom is -0.354 e. The van der Waals surface area contributed by atoms with Gasteiger partial charge in [-0.3, -0.25) is 13.9 Å². The van der Waals surface area contributed by atoms with E-state index in [9.17, 15) is 18.0 Å². The van der Waals surface area contributed by atoms with Gasteiger partial charge in [-0.2, -0.15) is 0 Å². The zero-order chi connectivity index (χ0) is 29.4. The topological polar surface area (TPSA) is 86.8 Å². The highest BCUT2D eigenvalue weighted by Crippen LogP contribution is 2.26. The Morgan fingerprint density at radius 2 is 1.52 bits per heavy atom. The number of hydrogen-bond acceptors (Lipinski definition) is 4. The van der Waals surface area contributed by atoms with Crippen molar-refractivity contribution in [2.75, 3.05) is 23.7 Å². The molecule has 11 heteroatoms. The Hall–Kier alpha value is -2.78. The number of carbonyl (C=O) groups is 2. The van der Waals surface area contributed by atoms with Crippen molar-refractivity contribution in [3.05, 3.63) is 99.0 Å². The van der Waals surface area contributed by atoms with Gasteiger partial charge in [-0.05, 0) is 53.4 Å². The van der Waals surface area contributed by atoms with Crippen molar-refractivity contribution in [3.8, 4) is 0 Å². The largest absolute Gasteiger partial charge is 0.354 e. The molecule has 0 bridgehead atoms. The third-order valence-corrected chi connectivity index (χ3v) is 8.08. The first-order valence-corrected chi connectivity index (χ1v) is 15.6. The molecular formula is C29H32Cl3N3O4S. The fraction of sp³-hybridized carbons (Fsp3) is 0.310. The van der Waals surface area contributed by atoms with Crippen LogP contribution in [0.25, 0.3) is 0 Å². The number of nitrogens with one attached hydrogen (secondary N) is 1. The van der Waals surface area contributed by atoms with Crippen molar-refractivity contribution < 1.29 is 18.0 Å². The molecule has 1 atom stereocenters. The molecule has 7 nitrogen and oxygen atoms in total. The van der Waals surface area contributed by atoms with Crippen LogP contribution in [0.3, 0.4) is 0 Å². The average Bonchev–Trinajstić information content (AvgIpc) is 2.89. The van der Waals surface area contributed by atoms with Gasteiger partial charge in [0.2, 0.25) is 21.8 Å².